The summed E-state index contributed by atoms with van der Waals surface area (Å²) < 4.78 is 11.5. The Kier molecular flexibility index (Phi) is 4.57. The maximum Gasteiger partial charge on any atom is 0.280 e. The number of Topliss-reactive ketones (excluding diaryl/α,β-unsaturated/α-hetero) is 1. The molecule has 1 saturated heterocycles. The fourth-order valence-electron chi connectivity index (χ4n) is 2.66. The van der Waals surface area contributed by atoms with Gasteiger partial charge < -0.3 is 9.47 Å². The molecule has 0 amide bonds. The van der Waals surface area contributed by atoms with Crippen LogP contribution < -0.4 is 4.74 Å². The van der Waals surface area contributed by atoms with Crippen LogP contribution in [0.1, 0.15) is 44.0 Å². The number of nitro groups is 1. The Labute approximate surface area is 123 Å². The van der Waals surface area contributed by atoms with Gasteiger partial charge in [0.05, 0.1) is 22.7 Å². The molecular formula is C15H19NO5. The van der Waals surface area contributed by atoms with Crippen LogP contribution in [0.4, 0.5) is 5.69 Å². The summed E-state index contributed by atoms with van der Waals surface area (Å²) in [6.07, 6.45) is 1.74. The average molecular weight is 293 g/mol. The second-order valence-corrected chi connectivity index (χ2v) is 5.46. The Morgan fingerprint density at radius 2 is 1.95 bits per heavy atom. The maximum atomic E-state index is 11.5. The van der Waals surface area contributed by atoms with Crippen molar-refractivity contribution in [2.45, 2.75) is 51.9 Å². The summed E-state index contributed by atoms with van der Waals surface area (Å²) in [5.74, 6) is 0.137. The second-order valence-electron chi connectivity index (χ2n) is 5.46. The second kappa shape index (κ2) is 6.22. The number of ketones is 1. The SMILES string of the molecule is CC(=O)c1cc(OC2CC(C)OC(C)C2)ccc1[N+](=O)[O-]. The normalized spacial score (nSPS) is 25.4. The third-order valence-corrected chi connectivity index (χ3v) is 3.50. The van der Waals surface area contributed by atoms with Gasteiger partial charge in [-0.3, -0.25) is 14.9 Å². The third kappa shape index (κ3) is 3.78. The third-order valence-electron chi connectivity index (χ3n) is 3.50. The van der Waals surface area contributed by atoms with Gasteiger partial charge >= 0.3 is 0 Å². The number of nitrogens with zero attached hydrogens (tertiary/aromatic N) is 1. The highest BCUT2D eigenvalue weighted by Crippen LogP contribution is 2.28. The van der Waals surface area contributed by atoms with Crippen molar-refractivity contribution < 1.29 is 19.2 Å². The van der Waals surface area contributed by atoms with Crippen LogP contribution in [0.15, 0.2) is 18.2 Å². The summed E-state index contributed by atoms with van der Waals surface area (Å²) in [6, 6.07) is 4.30. The Morgan fingerprint density at radius 1 is 1.33 bits per heavy atom. The first-order chi connectivity index (χ1) is 9.86. The van der Waals surface area contributed by atoms with E-state index in [0.717, 1.165) is 12.8 Å². The Balaban J connectivity index is 2.19. The fourth-order valence-corrected chi connectivity index (χ4v) is 2.66. The van der Waals surface area contributed by atoms with E-state index in [1.165, 1.54) is 25.1 Å². The van der Waals surface area contributed by atoms with E-state index in [2.05, 4.69) is 0 Å². The molecule has 0 radical (unpaired) electrons. The first kappa shape index (κ1) is 15.4. The fraction of sp³-hybridized carbons (Fsp3) is 0.533. The van der Waals surface area contributed by atoms with E-state index >= 15 is 0 Å². The number of ether oxygens (including phenoxy) is 2. The predicted octanol–water partition coefficient (Wildman–Crippen LogP) is 3.13. The van der Waals surface area contributed by atoms with Crippen molar-refractivity contribution in [2.75, 3.05) is 0 Å². The Hall–Kier alpha value is -1.95. The molecule has 0 spiro atoms. The smallest absolute Gasteiger partial charge is 0.280 e. The molecule has 0 bridgehead atoms. The zero-order chi connectivity index (χ0) is 15.6. The molecule has 1 fully saturated rings. The first-order valence-electron chi connectivity index (χ1n) is 6.98. The maximum absolute atomic E-state index is 11.5. The van der Waals surface area contributed by atoms with Crippen LogP contribution in [0.2, 0.25) is 0 Å². The van der Waals surface area contributed by atoms with Crippen molar-refractivity contribution in [3.63, 3.8) is 0 Å². The molecular weight excluding hydrogens is 274 g/mol. The molecule has 21 heavy (non-hydrogen) atoms. The summed E-state index contributed by atoms with van der Waals surface area (Å²) in [5.41, 5.74) is -0.116. The van der Waals surface area contributed by atoms with Gasteiger partial charge in [0.2, 0.25) is 0 Å². The van der Waals surface area contributed by atoms with Crippen LogP contribution in [0.5, 0.6) is 5.75 Å². The summed E-state index contributed by atoms with van der Waals surface area (Å²) >= 11 is 0. The van der Waals surface area contributed by atoms with Crippen molar-refractivity contribution in [3.05, 3.63) is 33.9 Å². The van der Waals surface area contributed by atoms with E-state index in [-0.39, 0.29) is 35.3 Å². The topological polar surface area (TPSA) is 78.7 Å². The minimum Gasteiger partial charge on any atom is -0.490 e. The van der Waals surface area contributed by atoms with Crippen molar-refractivity contribution >= 4 is 11.5 Å². The lowest BCUT2D eigenvalue weighted by molar-refractivity contribution is -0.385. The Bertz CT molecular complexity index is 547. The minimum absolute atomic E-state index is 0.00925. The van der Waals surface area contributed by atoms with E-state index in [9.17, 15) is 14.9 Å². The standard InChI is InChI=1S/C15H19NO5/c1-9-6-13(7-10(2)20-9)21-12-4-5-15(16(18)19)14(8-12)11(3)17/h4-5,8-10,13H,6-7H2,1-3H3. The molecule has 0 N–H and O–H groups in total. The zero-order valence-electron chi connectivity index (χ0n) is 12.4. The van der Waals surface area contributed by atoms with Crippen LogP contribution in [0.25, 0.3) is 0 Å². The van der Waals surface area contributed by atoms with Gasteiger partial charge in [-0.1, -0.05) is 0 Å². The lowest BCUT2D eigenvalue weighted by Crippen LogP contribution is -2.35. The number of carbonyl (C=O) groups is 1. The molecule has 6 nitrogen and oxygen atoms in total. The van der Waals surface area contributed by atoms with Crippen molar-refractivity contribution in [1.82, 2.24) is 0 Å². The zero-order valence-corrected chi connectivity index (χ0v) is 12.4. The van der Waals surface area contributed by atoms with E-state index in [1.54, 1.807) is 0 Å². The highest BCUT2D eigenvalue weighted by molar-refractivity contribution is 5.98. The Morgan fingerprint density at radius 3 is 2.48 bits per heavy atom. The van der Waals surface area contributed by atoms with Gasteiger partial charge in [-0.25, -0.2) is 0 Å². The van der Waals surface area contributed by atoms with Gasteiger partial charge in [-0.2, -0.15) is 0 Å². The quantitative estimate of drug-likeness (QED) is 0.484. The molecule has 1 aromatic carbocycles. The van der Waals surface area contributed by atoms with E-state index in [0.29, 0.717) is 5.75 Å². The lowest BCUT2D eigenvalue weighted by Gasteiger charge is -2.32. The molecule has 2 rings (SSSR count). The summed E-state index contributed by atoms with van der Waals surface area (Å²) in [6.45, 7) is 5.29. The van der Waals surface area contributed by atoms with E-state index < -0.39 is 4.92 Å². The van der Waals surface area contributed by atoms with Crippen LogP contribution in [-0.2, 0) is 4.74 Å². The molecule has 114 valence electrons. The number of rotatable bonds is 4. The highest BCUT2D eigenvalue weighted by Gasteiger charge is 2.26. The van der Waals surface area contributed by atoms with Gasteiger partial charge in [-0.15, -0.1) is 0 Å². The molecule has 2 atom stereocenters. The summed E-state index contributed by atoms with van der Waals surface area (Å²) in [5, 5.41) is 10.9. The lowest BCUT2D eigenvalue weighted by atomic mass is 10.0. The van der Waals surface area contributed by atoms with Gasteiger partial charge in [0.1, 0.15) is 11.9 Å². The number of hydrogen-bond donors (Lipinski definition) is 0. The number of nitro benzene ring substituents is 1. The van der Waals surface area contributed by atoms with Crippen LogP contribution in [0, 0.1) is 10.1 Å². The number of carbonyl (C=O) groups excluding carboxylic acids is 1. The van der Waals surface area contributed by atoms with Gasteiger partial charge in [-0.05, 0) is 32.9 Å². The predicted molar refractivity (Wildman–Crippen MR) is 76.8 cm³/mol. The van der Waals surface area contributed by atoms with Crippen molar-refractivity contribution in [2.24, 2.45) is 0 Å². The van der Waals surface area contributed by atoms with Crippen molar-refractivity contribution in [3.8, 4) is 5.75 Å². The summed E-state index contributed by atoms with van der Waals surface area (Å²) in [4.78, 5) is 21.9. The van der Waals surface area contributed by atoms with Gasteiger partial charge in [0.25, 0.3) is 5.69 Å². The van der Waals surface area contributed by atoms with Crippen LogP contribution in [-0.4, -0.2) is 29.0 Å². The van der Waals surface area contributed by atoms with Crippen molar-refractivity contribution in [1.29, 1.82) is 0 Å². The molecule has 0 saturated carbocycles. The molecule has 0 aromatic heterocycles. The van der Waals surface area contributed by atoms with Crippen LogP contribution in [0.3, 0.4) is 0 Å². The average Bonchev–Trinajstić information content (AvgIpc) is 2.36. The molecule has 1 heterocycles. The number of hydrogen-bond acceptors (Lipinski definition) is 5. The minimum atomic E-state index is -0.556. The molecule has 1 aliphatic heterocycles. The summed E-state index contributed by atoms with van der Waals surface area (Å²) in [7, 11) is 0. The van der Waals surface area contributed by atoms with Gasteiger partial charge in [0, 0.05) is 18.9 Å². The van der Waals surface area contributed by atoms with E-state index in [1.807, 2.05) is 13.8 Å². The molecule has 1 aliphatic rings. The van der Waals surface area contributed by atoms with Crippen LogP contribution >= 0.6 is 0 Å². The van der Waals surface area contributed by atoms with E-state index in [4.69, 9.17) is 9.47 Å². The molecule has 6 heteroatoms. The van der Waals surface area contributed by atoms with Gasteiger partial charge in [0.15, 0.2) is 5.78 Å². The molecule has 0 aliphatic carbocycles. The number of benzene rings is 1. The highest BCUT2D eigenvalue weighted by atomic mass is 16.6. The molecule has 1 aromatic rings. The first-order valence-corrected chi connectivity index (χ1v) is 6.98. The molecule has 2 unspecified atom stereocenters. The largest absolute Gasteiger partial charge is 0.490 e. The monoisotopic (exact) mass is 293 g/mol.